The van der Waals surface area contributed by atoms with Gasteiger partial charge >= 0.3 is 0 Å². The van der Waals surface area contributed by atoms with E-state index in [1.807, 2.05) is 6.07 Å². The number of amidine groups is 1. The molecule has 4 heteroatoms. The molecule has 0 spiro atoms. The third-order valence-corrected chi connectivity index (χ3v) is 3.86. The molecule has 1 aromatic rings. The Morgan fingerprint density at radius 1 is 1.40 bits per heavy atom. The molecule has 0 aromatic heterocycles. The van der Waals surface area contributed by atoms with Gasteiger partial charge in [0.15, 0.2) is 0 Å². The molecular weight excluding hydrogens is 250 g/mol. The first-order valence-electron chi connectivity index (χ1n) is 7.50. The van der Waals surface area contributed by atoms with Crippen LogP contribution in [0.4, 0.5) is 0 Å². The van der Waals surface area contributed by atoms with Gasteiger partial charge in [-0.15, -0.1) is 0 Å². The molecule has 110 valence electrons. The van der Waals surface area contributed by atoms with Gasteiger partial charge in [-0.05, 0) is 37.3 Å². The average molecular weight is 275 g/mol. The molecule has 3 N–H and O–H groups in total. The Hall–Kier alpha value is -1.55. The van der Waals surface area contributed by atoms with Crippen molar-refractivity contribution in [1.82, 2.24) is 4.90 Å². The number of hydrogen-bond donors (Lipinski definition) is 2. The van der Waals surface area contributed by atoms with Crippen LogP contribution < -0.4 is 5.73 Å². The lowest BCUT2D eigenvalue weighted by molar-refractivity contribution is 0.191. The number of nitrogens with two attached hydrogens (primary N) is 1. The summed E-state index contributed by atoms with van der Waals surface area (Å²) in [5.41, 5.74) is 7.01. The highest BCUT2D eigenvalue weighted by atomic mass is 16.4. The van der Waals surface area contributed by atoms with Gasteiger partial charge < -0.3 is 10.9 Å². The quantitative estimate of drug-likeness (QED) is 0.332. The van der Waals surface area contributed by atoms with Crippen LogP contribution in [0.15, 0.2) is 35.5 Å². The molecule has 0 saturated heterocycles. The number of rotatable bonds is 8. The molecular formula is C16H25N3O. The van der Waals surface area contributed by atoms with Gasteiger partial charge in [0, 0.05) is 19.0 Å². The molecule has 1 fully saturated rings. The van der Waals surface area contributed by atoms with Crippen LogP contribution >= 0.6 is 0 Å². The molecule has 1 atom stereocenters. The van der Waals surface area contributed by atoms with E-state index >= 15 is 0 Å². The molecule has 0 radical (unpaired) electrons. The summed E-state index contributed by atoms with van der Waals surface area (Å²) in [7, 11) is 0. The fraction of sp³-hybridized carbons (Fsp3) is 0.562. The predicted molar refractivity (Wildman–Crippen MR) is 81.8 cm³/mol. The second-order valence-electron chi connectivity index (χ2n) is 5.66. The maximum absolute atomic E-state index is 8.88. The van der Waals surface area contributed by atoms with E-state index in [-0.39, 0.29) is 6.04 Å². The van der Waals surface area contributed by atoms with Gasteiger partial charge in [0.2, 0.25) is 0 Å². The average Bonchev–Trinajstić information content (AvgIpc) is 3.29. The van der Waals surface area contributed by atoms with Crippen molar-refractivity contribution >= 4 is 5.84 Å². The summed E-state index contributed by atoms with van der Waals surface area (Å²) >= 11 is 0. The Labute approximate surface area is 121 Å². The van der Waals surface area contributed by atoms with Gasteiger partial charge in [0.1, 0.15) is 5.84 Å². The smallest absolute Gasteiger partial charge is 0.141 e. The topological polar surface area (TPSA) is 61.8 Å². The zero-order valence-corrected chi connectivity index (χ0v) is 12.2. The van der Waals surface area contributed by atoms with Gasteiger partial charge in [-0.25, -0.2) is 0 Å². The molecule has 1 unspecified atom stereocenters. The first-order valence-corrected chi connectivity index (χ1v) is 7.50. The molecule has 0 heterocycles. The lowest BCUT2D eigenvalue weighted by Crippen LogP contribution is -2.34. The molecule has 20 heavy (non-hydrogen) atoms. The molecule has 1 aliphatic rings. The van der Waals surface area contributed by atoms with Crippen LogP contribution in [0.2, 0.25) is 0 Å². The van der Waals surface area contributed by atoms with Crippen LogP contribution in [0.3, 0.4) is 0 Å². The summed E-state index contributed by atoms with van der Waals surface area (Å²) in [5, 5.41) is 12.0. The minimum Gasteiger partial charge on any atom is -0.409 e. The minimum absolute atomic E-state index is 0.202. The van der Waals surface area contributed by atoms with Crippen molar-refractivity contribution in [3.8, 4) is 0 Å². The van der Waals surface area contributed by atoms with Crippen molar-refractivity contribution in [1.29, 1.82) is 0 Å². The van der Waals surface area contributed by atoms with E-state index in [1.165, 1.54) is 18.4 Å². The second kappa shape index (κ2) is 7.29. The van der Waals surface area contributed by atoms with Gasteiger partial charge in [-0.1, -0.05) is 42.4 Å². The molecule has 1 aromatic carbocycles. The maximum atomic E-state index is 8.88. The van der Waals surface area contributed by atoms with Crippen LogP contribution in [-0.2, 0) is 0 Å². The SMILES string of the molecule is CCCN(CC1CC1)C(CC(N)=NO)c1ccccc1. The van der Waals surface area contributed by atoms with Crippen molar-refractivity contribution in [3.05, 3.63) is 35.9 Å². The second-order valence-corrected chi connectivity index (χ2v) is 5.66. The zero-order chi connectivity index (χ0) is 14.4. The minimum atomic E-state index is 0.202. The van der Waals surface area contributed by atoms with Crippen LogP contribution in [-0.4, -0.2) is 29.0 Å². The van der Waals surface area contributed by atoms with E-state index in [0.717, 1.165) is 25.4 Å². The molecule has 0 bridgehead atoms. The van der Waals surface area contributed by atoms with Gasteiger partial charge in [0.05, 0.1) is 0 Å². The molecule has 0 amide bonds. The summed E-state index contributed by atoms with van der Waals surface area (Å²) < 4.78 is 0. The summed E-state index contributed by atoms with van der Waals surface area (Å²) in [4.78, 5) is 2.49. The van der Waals surface area contributed by atoms with Crippen molar-refractivity contribution in [2.45, 2.75) is 38.6 Å². The summed E-state index contributed by atoms with van der Waals surface area (Å²) in [6, 6.07) is 10.6. The number of oxime groups is 1. The van der Waals surface area contributed by atoms with E-state index in [2.05, 4.69) is 41.2 Å². The van der Waals surface area contributed by atoms with Crippen molar-refractivity contribution < 1.29 is 5.21 Å². The van der Waals surface area contributed by atoms with Crippen molar-refractivity contribution in [2.75, 3.05) is 13.1 Å². The van der Waals surface area contributed by atoms with E-state index in [4.69, 9.17) is 10.9 Å². The highest BCUT2D eigenvalue weighted by Gasteiger charge is 2.29. The van der Waals surface area contributed by atoms with E-state index in [9.17, 15) is 0 Å². The van der Waals surface area contributed by atoms with Crippen LogP contribution in [0, 0.1) is 5.92 Å². The Balaban J connectivity index is 2.17. The van der Waals surface area contributed by atoms with E-state index < -0.39 is 0 Å². The third-order valence-electron chi connectivity index (χ3n) is 3.86. The normalized spacial score (nSPS) is 17.4. The van der Waals surface area contributed by atoms with Gasteiger partial charge in [-0.3, -0.25) is 4.90 Å². The Kier molecular flexibility index (Phi) is 5.41. The van der Waals surface area contributed by atoms with Gasteiger partial charge in [0.25, 0.3) is 0 Å². The first-order chi connectivity index (χ1) is 9.74. The monoisotopic (exact) mass is 275 g/mol. The van der Waals surface area contributed by atoms with Crippen LogP contribution in [0.5, 0.6) is 0 Å². The fourth-order valence-corrected chi connectivity index (χ4v) is 2.67. The Bertz CT molecular complexity index is 429. The maximum Gasteiger partial charge on any atom is 0.141 e. The lowest BCUT2D eigenvalue weighted by atomic mass is 10.0. The number of benzene rings is 1. The summed E-state index contributed by atoms with van der Waals surface area (Å²) in [6.45, 7) is 4.37. The van der Waals surface area contributed by atoms with Crippen molar-refractivity contribution in [2.24, 2.45) is 16.8 Å². The lowest BCUT2D eigenvalue weighted by Gasteiger charge is -2.31. The Morgan fingerprint density at radius 3 is 2.65 bits per heavy atom. The standard InChI is InChI=1S/C16H25N3O/c1-2-10-19(12-13-8-9-13)15(11-16(17)18-20)14-6-4-3-5-7-14/h3-7,13,15,20H,2,8-12H2,1H3,(H2,17,18). The van der Waals surface area contributed by atoms with E-state index in [0.29, 0.717) is 12.3 Å². The van der Waals surface area contributed by atoms with Crippen LogP contribution in [0.1, 0.15) is 44.2 Å². The largest absolute Gasteiger partial charge is 0.409 e. The van der Waals surface area contributed by atoms with Crippen LogP contribution in [0.25, 0.3) is 0 Å². The highest BCUT2D eigenvalue weighted by Crippen LogP contribution is 2.34. The molecule has 4 nitrogen and oxygen atoms in total. The number of hydrogen-bond acceptors (Lipinski definition) is 3. The zero-order valence-electron chi connectivity index (χ0n) is 12.2. The van der Waals surface area contributed by atoms with Crippen molar-refractivity contribution in [3.63, 3.8) is 0 Å². The third kappa shape index (κ3) is 4.23. The first kappa shape index (κ1) is 14.9. The molecule has 2 rings (SSSR count). The highest BCUT2D eigenvalue weighted by molar-refractivity contribution is 5.80. The summed E-state index contributed by atoms with van der Waals surface area (Å²) in [6.07, 6.45) is 4.37. The number of nitrogens with zero attached hydrogens (tertiary/aromatic N) is 2. The van der Waals surface area contributed by atoms with E-state index in [1.54, 1.807) is 0 Å². The summed E-state index contributed by atoms with van der Waals surface area (Å²) in [5.74, 6) is 1.14. The molecule has 1 saturated carbocycles. The molecule has 1 aliphatic carbocycles. The van der Waals surface area contributed by atoms with Gasteiger partial charge in [-0.2, -0.15) is 0 Å². The fourth-order valence-electron chi connectivity index (χ4n) is 2.67. The predicted octanol–water partition coefficient (Wildman–Crippen LogP) is 2.99. The Morgan fingerprint density at radius 2 is 2.10 bits per heavy atom. The molecule has 0 aliphatic heterocycles.